The molecule has 1 aliphatic carbocycles. The SMILES string of the molecule is CC1CCCN(CC(C)NC(=O)NC2CCCCC2)C1. The molecule has 0 aromatic heterocycles. The monoisotopic (exact) mass is 281 g/mol. The van der Waals surface area contributed by atoms with E-state index in [-0.39, 0.29) is 12.1 Å². The van der Waals surface area contributed by atoms with E-state index in [9.17, 15) is 4.79 Å². The Hall–Kier alpha value is -0.770. The van der Waals surface area contributed by atoms with Gasteiger partial charge in [-0.3, -0.25) is 0 Å². The fraction of sp³-hybridized carbons (Fsp3) is 0.938. The zero-order valence-electron chi connectivity index (χ0n) is 13.2. The number of carbonyl (C=O) groups excluding carboxylic acids is 1. The Morgan fingerprint density at radius 2 is 1.95 bits per heavy atom. The normalized spacial score (nSPS) is 27.0. The van der Waals surface area contributed by atoms with Crippen molar-refractivity contribution in [1.29, 1.82) is 0 Å². The van der Waals surface area contributed by atoms with Crippen LogP contribution in [0.25, 0.3) is 0 Å². The topological polar surface area (TPSA) is 44.4 Å². The van der Waals surface area contributed by atoms with E-state index >= 15 is 0 Å². The van der Waals surface area contributed by atoms with Crippen LogP contribution in [0.15, 0.2) is 0 Å². The minimum Gasteiger partial charge on any atom is -0.335 e. The number of hydrogen-bond acceptors (Lipinski definition) is 2. The zero-order valence-corrected chi connectivity index (χ0v) is 13.2. The molecule has 2 unspecified atom stereocenters. The van der Waals surface area contributed by atoms with E-state index in [0.717, 1.165) is 25.3 Å². The first-order chi connectivity index (χ1) is 9.63. The number of rotatable bonds is 4. The van der Waals surface area contributed by atoms with Gasteiger partial charge >= 0.3 is 6.03 Å². The minimum atomic E-state index is 0.0226. The van der Waals surface area contributed by atoms with E-state index in [0.29, 0.717) is 6.04 Å². The van der Waals surface area contributed by atoms with Gasteiger partial charge in [0.05, 0.1) is 0 Å². The predicted octanol–water partition coefficient (Wildman–Crippen LogP) is 2.74. The summed E-state index contributed by atoms with van der Waals surface area (Å²) in [4.78, 5) is 14.5. The van der Waals surface area contributed by atoms with Crippen LogP contribution in [0.3, 0.4) is 0 Å². The van der Waals surface area contributed by atoms with Crippen LogP contribution in [0.5, 0.6) is 0 Å². The molecule has 1 saturated heterocycles. The second-order valence-electron chi connectivity index (χ2n) is 6.86. The van der Waals surface area contributed by atoms with E-state index in [2.05, 4.69) is 29.4 Å². The highest BCUT2D eigenvalue weighted by Crippen LogP contribution is 2.17. The van der Waals surface area contributed by atoms with Crippen molar-refractivity contribution in [2.24, 2.45) is 5.92 Å². The summed E-state index contributed by atoms with van der Waals surface area (Å²) in [6.07, 6.45) is 8.77. The molecule has 0 aromatic carbocycles. The summed E-state index contributed by atoms with van der Waals surface area (Å²) < 4.78 is 0. The Morgan fingerprint density at radius 3 is 2.65 bits per heavy atom. The fourth-order valence-electron chi connectivity index (χ4n) is 3.58. The lowest BCUT2D eigenvalue weighted by Crippen LogP contribution is -2.50. The summed E-state index contributed by atoms with van der Waals surface area (Å²) in [6, 6.07) is 0.643. The quantitative estimate of drug-likeness (QED) is 0.832. The van der Waals surface area contributed by atoms with Gasteiger partial charge in [-0.2, -0.15) is 0 Å². The number of urea groups is 1. The first-order valence-corrected chi connectivity index (χ1v) is 8.43. The third-order valence-electron chi connectivity index (χ3n) is 4.59. The Kier molecular flexibility index (Phi) is 6.14. The molecular weight excluding hydrogens is 250 g/mol. The second kappa shape index (κ2) is 7.87. The van der Waals surface area contributed by atoms with Gasteiger partial charge < -0.3 is 15.5 Å². The summed E-state index contributed by atoms with van der Waals surface area (Å²) >= 11 is 0. The molecular formula is C16H31N3O. The smallest absolute Gasteiger partial charge is 0.315 e. The molecule has 1 saturated carbocycles. The molecule has 1 aliphatic heterocycles. The van der Waals surface area contributed by atoms with Crippen molar-refractivity contribution in [3.8, 4) is 0 Å². The number of nitrogens with zero attached hydrogens (tertiary/aromatic N) is 1. The van der Waals surface area contributed by atoms with Gasteiger partial charge in [0.25, 0.3) is 0 Å². The number of carbonyl (C=O) groups is 1. The third kappa shape index (κ3) is 5.31. The lowest BCUT2D eigenvalue weighted by molar-refractivity contribution is 0.168. The van der Waals surface area contributed by atoms with E-state index < -0.39 is 0 Å². The molecule has 0 bridgehead atoms. The van der Waals surface area contributed by atoms with Crippen LogP contribution in [0.2, 0.25) is 0 Å². The lowest BCUT2D eigenvalue weighted by Gasteiger charge is -2.33. The maximum Gasteiger partial charge on any atom is 0.315 e. The Balaban J connectivity index is 1.65. The van der Waals surface area contributed by atoms with E-state index in [1.165, 1.54) is 45.2 Å². The maximum absolute atomic E-state index is 12.0. The molecule has 0 aromatic rings. The van der Waals surface area contributed by atoms with Gasteiger partial charge in [-0.05, 0) is 45.1 Å². The number of amides is 2. The summed E-state index contributed by atoms with van der Waals surface area (Å²) in [5.41, 5.74) is 0. The molecule has 116 valence electrons. The average Bonchev–Trinajstić information content (AvgIpc) is 2.39. The molecule has 0 radical (unpaired) electrons. The molecule has 2 fully saturated rings. The molecule has 2 rings (SSSR count). The lowest BCUT2D eigenvalue weighted by atomic mass is 9.96. The third-order valence-corrected chi connectivity index (χ3v) is 4.59. The predicted molar refractivity (Wildman–Crippen MR) is 82.8 cm³/mol. The van der Waals surface area contributed by atoms with Gasteiger partial charge in [0.15, 0.2) is 0 Å². The average molecular weight is 281 g/mol. The van der Waals surface area contributed by atoms with Crippen LogP contribution in [-0.2, 0) is 0 Å². The van der Waals surface area contributed by atoms with Crippen molar-refractivity contribution in [1.82, 2.24) is 15.5 Å². The van der Waals surface area contributed by atoms with Crippen LogP contribution in [0.1, 0.15) is 58.8 Å². The summed E-state index contributed by atoms with van der Waals surface area (Å²) in [5.74, 6) is 0.798. The maximum atomic E-state index is 12.0. The molecule has 2 atom stereocenters. The highest BCUT2D eigenvalue weighted by atomic mass is 16.2. The Labute approximate surface area is 123 Å². The zero-order chi connectivity index (χ0) is 14.4. The van der Waals surface area contributed by atoms with Crippen molar-refractivity contribution >= 4 is 6.03 Å². The van der Waals surface area contributed by atoms with Gasteiger partial charge in [-0.1, -0.05) is 26.2 Å². The van der Waals surface area contributed by atoms with Crippen molar-refractivity contribution in [3.63, 3.8) is 0 Å². The van der Waals surface area contributed by atoms with E-state index in [1.54, 1.807) is 0 Å². The summed E-state index contributed by atoms with van der Waals surface area (Å²) in [7, 11) is 0. The molecule has 2 N–H and O–H groups in total. The van der Waals surface area contributed by atoms with Crippen LogP contribution in [-0.4, -0.2) is 42.6 Å². The molecule has 4 nitrogen and oxygen atoms in total. The van der Waals surface area contributed by atoms with Crippen molar-refractivity contribution < 1.29 is 4.79 Å². The van der Waals surface area contributed by atoms with Gasteiger partial charge in [-0.25, -0.2) is 4.79 Å². The van der Waals surface area contributed by atoms with Gasteiger partial charge in [0.2, 0.25) is 0 Å². The van der Waals surface area contributed by atoms with E-state index in [1.807, 2.05) is 0 Å². The van der Waals surface area contributed by atoms with E-state index in [4.69, 9.17) is 0 Å². The van der Waals surface area contributed by atoms with Crippen LogP contribution in [0, 0.1) is 5.92 Å². The van der Waals surface area contributed by atoms with Crippen molar-refractivity contribution in [2.45, 2.75) is 70.9 Å². The molecule has 0 spiro atoms. The van der Waals surface area contributed by atoms with Crippen molar-refractivity contribution in [3.05, 3.63) is 0 Å². The summed E-state index contributed by atoms with van der Waals surface area (Å²) in [5, 5.41) is 6.22. The minimum absolute atomic E-state index is 0.0226. The largest absolute Gasteiger partial charge is 0.335 e. The van der Waals surface area contributed by atoms with Crippen LogP contribution >= 0.6 is 0 Å². The summed E-state index contributed by atoms with van der Waals surface area (Å²) in [6.45, 7) is 7.76. The number of likely N-dealkylation sites (tertiary alicyclic amines) is 1. The molecule has 20 heavy (non-hydrogen) atoms. The molecule has 4 heteroatoms. The number of hydrogen-bond donors (Lipinski definition) is 2. The molecule has 2 amide bonds. The second-order valence-corrected chi connectivity index (χ2v) is 6.86. The van der Waals surface area contributed by atoms with Crippen LogP contribution in [0.4, 0.5) is 4.79 Å². The fourth-order valence-corrected chi connectivity index (χ4v) is 3.58. The first kappa shape index (κ1) is 15.6. The highest BCUT2D eigenvalue weighted by Gasteiger charge is 2.20. The highest BCUT2D eigenvalue weighted by molar-refractivity contribution is 5.74. The van der Waals surface area contributed by atoms with Gasteiger partial charge in [0, 0.05) is 25.2 Å². The number of nitrogens with one attached hydrogen (secondary N) is 2. The first-order valence-electron chi connectivity index (χ1n) is 8.43. The number of piperidine rings is 1. The van der Waals surface area contributed by atoms with Gasteiger partial charge in [-0.15, -0.1) is 0 Å². The Bertz CT molecular complexity index is 302. The van der Waals surface area contributed by atoms with Gasteiger partial charge in [0.1, 0.15) is 0 Å². The standard InChI is InChI=1S/C16H31N3O/c1-13-7-6-10-19(11-13)12-14(2)17-16(20)18-15-8-4-3-5-9-15/h13-15H,3-12H2,1-2H3,(H2,17,18,20). The Morgan fingerprint density at radius 1 is 1.20 bits per heavy atom. The van der Waals surface area contributed by atoms with Crippen LogP contribution < -0.4 is 10.6 Å². The molecule has 1 heterocycles. The molecule has 2 aliphatic rings. The van der Waals surface area contributed by atoms with Crippen molar-refractivity contribution in [2.75, 3.05) is 19.6 Å².